The Hall–Kier alpha value is -2.56. The van der Waals surface area contributed by atoms with Gasteiger partial charge in [-0.2, -0.15) is 5.26 Å². The van der Waals surface area contributed by atoms with Crippen molar-refractivity contribution in [2.45, 2.75) is 17.7 Å². The Morgan fingerprint density at radius 1 is 1.19 bits per heavy atom. The number of anilines is 2. The molecule has 0 bridgehead atoms. The Morgan fingerprint density at radius 2 is 2.04 bits per heavy atom. The zero-order valence-electron chi connectivity index (χ0n) is 14.3. The van der Waals surface area contributed by atoms with Gasteiger partial charge in [-0.25, -0.2) is 0 Å². The van der Waals surface area contributed by atoms with E-state index in [9.17, 15) is 0 Å². The van der Waals surface area contributed by atoms with Crippen LogP contribution in [0.25, 0.3) is 0 Å². The molecule has 0 unspecified atom stereocenters. The van der Waals surface area contributed by atoms with Crippen molar-refractivity contribution in [1.29, 1.82) is 5.26 Å². The van der Waals surface area contributed by atoms with Gasteiger partial charge in [-0.3, -0.25) is 0 Å². The van der Waals surface area contributed by atoms with Crippen LogP contribution >= 0.6 is 23.1 Å². The van der Waals surface area contributed by atoms with Crippen LogP contribution in [0.1, 0.15) is 11.1 Å². The van der Waals surface area contributed by atoms with E-state index in [1.807, 2.05) is 36.4 Å². The molecular weight excluding hydrogens is 364 g/mol. The molecule has 0 radical (unpaired) electrons. The van der Waals surface area contributed by atoms with Gasteiger partial charge < -0.3 is 10.1 Å². The zero-order valence-corrected chi connectivity index (χ0v) is 15.9. The van der Waals surface area contributed by atoms with Crippen molar-refractivity contribution in [2.24, 2.45) is 0 Å². The minimum atomic E-state index is 0.423. The molecule has 0 aliphatic carbocycles. The molecule has 7 heteroatoms. The number of nitrogens with zero attached hydrogens (tertiary/aromatic N) is 3. The summed E-state index contributed by atoms with van der Waals surface area (Å²) < 4.78 is 6.62. The van der Waals surface area contributed by atoms with Gasteiger partial charge in [0.1, 0.15) is 5.75 Å². The predicted octanol–water partition coefficient (Wildman–Crippen LogP) is 4.83. The minimum absolute atomic E-state index is 0.423. The van der Waals surface area contributed by atoms with E-state index in [4.69, 9.17) is 10.00 Å². The Kier molecular flexibility index (Phi) is 6.47. The second-order valence-corrected chi connectivity index (χ2v) is 7.86. The van der Waals surface area contributed by atoms with Gasteiger partial charge in [0.2, 0.25) is 5.13 Å². The average molecular weight is 383 g/mol. The summed E-state index contributed by atoms with van der Waals surface area (Å²) in [5.41, 5.74) is 3.21. The van der Waals surface area contributed by atoms with Crippen molar-refractivity contribution in [3.8, 4) is 11.8 Å². The van der Waals surface area contributed by atoms with Crippen molar-refractivity contribution in [2.75, 3.05) is 17.7 Å². The normalized spacial score (nSPS) is 10.3. The van der Waals surface area contributed by atoms with E-state index in [0.29, 0.717) is 13.0 Å². The largest absolute Gasteiger partial charge is 0.493 e. The first-order chi connectivity index (χ1) is 12.7. The number of rotatable bonds is 8. The lowest BCUT2D eigenvalue weighted by Gasteiger charge is -2.05. The summed E-state index contributed by atoms with van der Waals surface area (Å²) in [5, 5.41) is 21.1. The smallest absolute Gasteiger partial charge is 0.210 e. The Morgan fingerprint density at radius 3 is 2.81 bits per heavy atom. The van der Waals surface area contributed by atoms with Gasteiger partial charge in [0.25, 0.3) is 0 Å². The zero-order chi connectivity index (χ0) is 18.2. The summed E-state index contributed by atoms with van der Waals surface area (Å²) in [6.07, 6.45) is 0.423. The van der Waals surface area contributed by atoms with E-state index in [0.717, 1.165) is 32.2 Å². The van der Waals surface area contributed by atoms with E-state index >= 15 is 0 Å². The quantitative estimate of drug-likeness (QED) is 0.444. The highest BCUT2D eigenvalue weighted by Gasteiger charge is 2.05. The monoisotopic (exact) mass is 382 g/mol. The van der Waals surface area contributed by atoms with Crippen molar-refractivity contribution >= 4 is 33.9 Å². The van der Waals surface area contributed by atoms with Crippen LogP contribution in [-0.2, 0) is 6.42 Å². The molecule has 2 aromatic carbocycles. The van der Waals surface area contributed by atoms with Crippen LogP contribution in [0.4, 0.5) is 10.8 Å². The molecule has 1 aromatic heterocycles. The Balaban J connectivity index is 1.43. The number of benzene rings is 2. The fourth-order valence-corrected chi connectivity index (χ4v) is 3.91. The van der Waals surface area contributed by atoms with Gasteiger partial charge in [0.15, 0.2) is 4.34 Å². The lowest BCUT2D eigenvalue weighted by Crippen LogP contribution is -2.00. The number of thioether (sulfide) groups is 1. The lowest BCUT2D eigenvalue weighted by atomic mass is 10.2. The van der Waals surface area contributed by atoms with Crippen LogP contribution in [0.2, 0.25) is 0 Å². The molecule has 3 aromatic rings. The van der Waals surface area contributed by atoms with E-state index in [-0.39, 0.29) is 0 Å². The molecule has 0 saturated carbocycles. The summed E-state index contributed by atoms with van der Waals surface area (Å²) in [7, 11) is 0. The number of ether oxygens (including phenoxy) is 1. The molecule has 132 valence electrons. The SMILES string of the molecule is Cc1cccc(Nc2nnc(SCCOc3ccc(CC#N)cc3)s2)c1. The van der Waals surface area contributed by atoms with E-state index in [1.165, 1.54) is 16.9 Å². The summed E-state index contributed by atoms with van der Waals surface area (Å²) in [5.74, 6) is 1.60. The van der Waals surface area contributed by atoms with Gasteiger partial charge in [-0.05, 0) is 42.3 Å². The van der Waals surface area contributed by atoms with Gasteiger partial charge >= 0.3 is 0 Å². The molecule has 5 nitrogen and oxygen atoms in total. The van der Waals surface area contributed by atoms with E-state index in [1.54, 1.807) is 11.8 Å². The summed E-state index contributed by atoms with van der Waals surface area (Å²) in [4.78, 5) is 0. The molecule has 26 heavy (non-hydrogen) atoms. The fourth-order valence-electron chi connectivity index (χ4n) is 2.25. The van der Waals surface area contributed by atoms with E-state index < -0.39 is 0 Å². The second kappa shape index (κ2) is 9.22. The van der Waals surface area contributed by atoms with Gasteiger partial charge in [0.05, 0.1) is 19.1 Å². The third-order valence-electron chi connectivity index (χ3n) is 3.46. The molecule has 0 fully saturated rings. The van der Waals surface area contributed by atoms with Crippen LogP contribution in [-0.4, -0.2) is 22.6 Å². The molecule has 3 rings (SSSR count). The molecule has 0 spiro atoms. The minimum Gasteiger partial charge on any atom is -0.493 e. The molecule has 1 heterocycles. The number of aromatic nitrogens is 2. The average Bonchev–Trinajstić information content (AvgIpc) is 3.08. The molecule has 0 atom stereocenters. The van der Waals surface area contributed by atoms with Gasteiger partial charge in [-0.15, -0.1) is 10.2 Å². The van der Waals surface area contributed by atoms with Crippen molar-refractivity contribution in [3.05, 3.63) is 59.7 Å². The molecule has 1 N–H and O–H groups in total. The highest BCUT2D eigenvalue weighted by atomic mass is 32.2. The van der Waals surface area contributed by atoms with Crippen LogP contribution in [0.15, 0.2) is 52.9 Å². The topological polar surface area (TPSA) is 70.8 Å². The Labute approximate surface area is 161 Å². The van der Waals surface area contributed by atoms with Crippen LogP contribution in [0.3, 0.4) is 0 Å². The highest BCUT2D eigenvalue weighted by molar-refractivity contribution is 8.01. The lowest BCUT2D eigenvalue weighted by molar-refractivity contribution is 0.344. The number of aryl methyl sites for hydroxylation is 1. The summed E-state index contributed by atoms with van der Waals surface area (Å²) in [6, 6.07) is 17.9. The van der Waals surface area contributed by atoms with Crippen molar-refractivity contribution in [1.82, 2.24) is 10.2 Å². The van der Waals surface area contributed by atoms with Crippen LogP contribution in [0, 0.1) is 18.3 Å². The van der Waals surface area contributed by atoms with Gasteiger partial charge in [0, 0.05) is 11.4 Å². The van der Waals surface area contributed by atoms with Crippen LogP contribution in [0.5, 0.6) is 5.75 Å². The molecule has 0 saturated heterocycles. The third kappa shape index (κ3) is 5.48. The molecule has 0 amide bonds. The highest BCUT2D eigenvalue weighted by Crippen LogP contribution is 2.27. The summed E-state index contributed by atoms with van der Waals surface area (Å²) in [6.45, 7) is 2.64. The first-order valence-electron chi connectivity index (χ1n) is 8.11. The molecule has 0 aliphatic heterocycles. The maximum atomic E-state index is 8.67. The fraction of sp³-hybridized carbons (Fsp3) is 0.211. The van der Waals surface area contributed by atoms with Crippen LogP contribution < -0.4 is 10.1 Å². The third-order valence-corrected chi connectivity index (χ3v) is 5.40. The van der Waals surface area contributed by atoms with Gasteiger partial charge in [-0.1, -0.05) is 47.4 Å². The number of hydrogen-bond donors (Lipinski definition) is 1. The Bertz CT molecular complexity index is 887. The standard InChI is InChI=1S/C19H18N4OS2/c1-14-3-2-4-16(13-14)21-18-22-23-19(26-18)25-12-11-24-17-7-5-15(6-8-17)9-10-20/h2-8,13H,9,11-12H2,1H3,(H,21,22). The van der Waals surface area contributed by atoms with Crippen molar-refractivity contribution in [3.63, 3.8) is 0 Å². The predicted molar refractivity (Wildman–Crippen MR) is 106 cm³/mol. The first-order valence-corrected chi connectivity index (χ1v) is 9.92. The number of nitrogens with one attached hydrogen (secondary N) is 1. The maximum Gasteiger partial charge on any atom is 0.210 e. The summed E-state index contributed by atoms with van der Waals surface area (Å²) >= 11 is 3.15. The maximum absolute atomic E-state index is 8.67. The molecular formula is C19H18N4OS2. The number of hydrogen-bond acceptors (Lipinski definition) is 7. The first kappa shape index (κ1) is 18.2. The van der Waals surface area contributed by atoms with Crippen molar-refractivity contribution < 1.29 is 4.74 Å². The van der Waals surface area contributed by atoms with E-state index in [2.05, 4.69) is 40.6 Å². The molecule has 0 aliphatic rings. The number of nitriles is 1. The second-order valence-electron chi connectivity index (χ2n) is 5.54.